The topological polar surface area (TPSA) is 52.2 Å². The molecule has 0 bridgehead atoms. The van der Waals surface area contributed by atoms with Gasteiger partial charge in [-0.2, -0.15) is 18.2 Å². The van der Waals surface area contributed by atoms with E-state index in [9.17, 15) is 9.90 Å². The van der Waals surface area contributed by atoms with Crippen LogP contribution in [0.4, 0.5) is 0 Å². The first-order chi connectivity index (χ1) is 12.7. The summed E-state index contributed by atoms with van der Waals surface area (Å²) in [5.74, 6) is -0.133. The Bertz CT molecular complexity index is 573. The molecule has 1 aromatic rings. The Kier molecular flexibility index (Phi) is 16.8. The van der Waals surface area contributed by atoms with Gasteiger partial charge in [0.05, 0.1) is 0 Å². The van der Waals surface area contributed by atoms with E-state index in [0.29, 0.717) is 12.1 Å². The fraction of sp³-hybridized carbons (Fsp3) is 0.364. The molecular formula is C22H29FeNO2S. The number of unbranched alkanes of at least 4 members (excludes halogenated alkanes) is 5. The Morgan fingerprint density at radius 3 is 2.33 bits per heavy atom. The van der Waals surface area contributed by atoms with Crippen LogP contribution in [0.5, 0.6) is 0 Å². The third kappa shape index (κ3) is 14.2. The summed E-state index contributed by atoms with van der Waals surface area (Å²) in [4.78, 5) is 11.5. The number of hydrogen-bond donors (Lipinski definition) is 1. The maximum Gasteiger partial charge on any atom is 2.00 e. The molecule has 0 saturated carbocycles. The number of hydrogen-bond acceptors (Lipinski definition) is 3. The molecule has 0 aromatic heterocycles. The molecule has 27 heavy (non-hydrogen) atoms. The van der Waals surface area contributed by atoms with Gasteiger partial charge in [-0.3, -0.25) is 4.79 Å². The van der Waals surface area contributed by atoms with E-state index in [-0.39, 0.29) is 28.1 Å². The molecule has 1 aliphatic carbocycles. The van der Waals surface area contributed by atoms with Gasteiger partial charge in [-0.05, 0) is 17.4 Å². The smallest absolute Gasteiger partial charge is 0.867 e. The van der Waals surface area contributed by atoms with Gasteiger partial charge in [0.15, 0.2) is 0 Å². The second-order valence-corrected chi connectivity index (χ2v) is 6.78. The quantitative estimate of drug-likeness (QED) is 0.192. The predicted octanol–water partition coefficient (Wildman–Crippen LogP) is 4.81. The molecule has 5 heteroatoms. The van der Waals surface area contributed by atoms with Crippen molar-refractivity contribution in [3.8, 4) is 0 Å². The van der Waals surface area contributed by atoms with Crippen LogP contribution >= 0.6 is 11.8 Å². The summed E-state index contributed by atoms with van der Waals surface area (Å²) in [5.41, 5.74) is 0.664. The first-order valence-electron chi connectivity index (χ1n) is 9.27. The minimum atomic E-state index is -0.133. The molecule has 1 N–H and O–H groups in total. The molecule has 0 fully saturated rings. The molecular weight excluding hydrogens is 398 g/mol. The predicted molar refractivity (Wildman–Crippen MR) is 110 cm³/mol. The zero-order valence-corrected chi connectivity index (χ0v) is 17.8. The summed E-state index contributed by atoms with van der Waals surface area (Å²) in [5, 5.41) is 16.0. The van der Waals surface area contributed by atoms with Crippen LogP contribution in [0.3, 0.4) is 0 Å². The summed E-state index contributed by atoms with van der Waals surface area (Å²) in [7, 11) is 0. The van der Waals surface area contributed by atoms with Crippen molar-refractivity contribution in [1.29, 1.82) is 0 Å². The number of rotatable bonds is 10. The molecule has 2 rings (SSSR count). The zero-order chi connectivity index (χ0) is 18.9. The zero-order valence-electron chi connectivity index (χ0n) is 15.9. The molecule has 1 aliphatic rings. The largest absolute Gasteiger partial charge is 2.00 e. The molecule has 148 valence electrons. The van der Waals surface area contributed by atoms with E-state index >= 15 is 0 Å². The van der Waals surface area contributed by atoms with Gasteiger partial charge >= 0.3 is 17.1 Å². The minimum absolute atomic E-state index is 0. The molecule has 0 heterocycles. The van der Waals surface area contributed by atoms with E-state index in [1.54, 1.807) is 17.6 Å². The van der Waals surface area contributed by atoms with Crippen molar-refractivity contribution in [2.24, 2.45) is 0 Å². The first-order valence-corrected chi connectivity index (χ1v) is 10.2. The van der Waals surface area contributed by atoms with Gasteiger partial charge in [0.1, 0.15) is 0 Å². The van der Waals surface area contributed by atoms with Crippen LogP contribution in [-0.2, 0) is 21.9 Å². The standard InChI is InChI=1S/C17H25NO2S.C5H5.Fe/c1-2-3-4-5-6-9-13-18-16(19)12-14-21-17(20)15-10-7-8-11-15;1-2-4-5-3-1;/h7-8,10-12,14,20H,2-6,9,13H2,1H3,(H,18,19);1-5H;/q;-1;+2/p-1/b14-12-;;. The first kappa shape index (κ1) is 25.4. The Balaban J connectivity index is 0.000000969. The Morgan fingerprint density at radius 2 is 1.74 bits per heavy atom. The normalized spacial score (nSPS) is 11.8. The summed E-state index contributed by atoms with van der Waals surface area (Å²) in [6.07, 6.45) is 15.8. The van der Waals surface area contributed by atoms with Crippen molar-refractivity contribution < 1.29 is 27.0 Å². The van der Waals surface area contributed by atoms with Crippen LogP contribution in [0.1, 0.15) is 45.4 Å². The Hall–Kier alpha value is -1.55. The molecule has 0 unspecified atom stereocenters. The van der Waals surface area contributed by atoms with Gasteiger partial charge in [0.2, 0.25) is 5.91 Å². The van der Waals surface area contributed by atoms with E-state index < -0.39 is 0 Å². The van der Waals surface area contributed by atoms with Gasteiger partial charge in [0.25, 0.3) is 0 Å². The summed E-state index contributed by atoms with van der Waals surface area (Å²) in [6, 6.07) is 10.0. The van der Waals surface area contributed by atoms with Crippen molar-refractivity contribution in [3.63, 3.8) is 0 Å². The maximum atomic E-state index is 11.7. The Morgan fingerprint density at radius 1 is 1.11 bits per heavy atom. The van der Waals surface area contributed by atoms with E-state index in [1.165, 1.54) is 31.8 Å². The maximum absolute atomic E-state index is 11.7. The van der Waals surface area contributed by atoms with Gasteiger partial charge in [-0.25, -0.2) is 12.1 Å². The van der Waals surface area contributed by atoms with Crippen molar-refractivity contribution in [3.05, 3.63) is 76.8 Å². The van der Waals surface area contributed by atoms with Gasteiger partial charge in [-0.1, -0.05) is 68.4 Å². The molecule has 0 spiro atoms. The van der Waals surface area contributed by atoms with Gasteiger partial charge < -0.3 is 10.4 Å². The van der Waals surface area contributed by atoms with E-state index in [4.69, 9.17) is 0 Å². The monoisotopic (exact) mass is 427 g/mol. The summed E-state index contributed by atoms with van der Waals surface area (Å²) < 4.78 is 0. The van der Waals surface area contributed by atoms with Crippen LogP contribution < -0.4 is 10.4 Å². The number of carbonyl (C=O) groups excluding carboxylic acids is 1. The van der Waals surface area contributed by atoms with Crippen molar-refractivity contribution >= 4 is 17.7 Å². The second kappa shape index (κ2) is 17.8. The summed E-state index contributed by atoms with van der Waals surface area (Å²) in [6.45, 7) is 2.91. The fourth-order valence-corrected chi connectivity index (χ4v) is 2.82. The van der Waals surface area contributed by atoms with Crippen LogP contribution in [0.2, 0.25) is 0 Å². The number of amides is 1. The molecule has 1 aromatic carbocycles. The van der Waals surface area contributed by atoms with Crippen LogP contribution in [0.15, 0.2) is 76.8 Å². The Labute approximate surface area is 178 Å². The molecule has 0 saturated heterocycles. The number of carbonyl (C=O) groups is 1. The average molecular weight is 427 g/mol. The molecule has 0 radical (unpaired) electrons. The van der Waals surface area contributed by atoms with Gasteiger partial charge in [-0.15, -0.1) is 11.8 Å². The van der Waals surface area contributed by atoms with E-state index in [2.05, 4.69) is 12.2 Å². The van der Waals surface area contributed by atoms with E-state index in [1.807, 2.05) is 42.5 Å². The van der Waals surface area contributed by atoms with Gasteiger partial charge in [0, 0.05) is 12.6 Å². The number of thioether (sulfide) groups is 1. The molecule has 0 atom stereocenters. The van der Waals surface area contributed by atoms with Crippen molar-refractivity contribution in [1.82, 2.24) is 5.32 Å². The fourth-order valence-electron chi connectivity index (χ4n) is 2.23. The molecule has 0 aliphatic heterocycles. The van der Waals surface area contributed by atoms with Crippen molar-refractivity contribution in [2.75, 3.05) is 6.54 Å². The third-order valence-corrected chi connectivity index (χ3v) is 4.40. The van der Waals surface area contributed by atoms with E-state index in [0.717, 1.165) is 24.6 Å². The van der Waals surface area contributed by atoms with Crippen molar-refractivity contribution in [2.45, 2.75) is 45.4 Å². The van der Waals surface area contributed by atoms with Crippen LogP contribution in [0, 0.1) is 0 Å². The average Bonchev–Trinajstić information content (AvgIpc) is 3.36. The SMILES string of the molecule is CCCCCCCCNC(=O)/C=C\SC([O-])=C1C=CC=C1.[Fe+2].c1cc[cH-]c1. The minimum Gasteiger partial charge on any atom is -0.867 e. The third-order valence-electron chi connectivity index (χ3n) is 3.68. The van der Waals surface area contributed by atoms with Crippen LogP contribution in [0.25, 0.3) is 0 Å². The number of nitrogens with one attached hydrogen (secondary N) is 1. The molecule has 1 amide bonds. The van der Waals surface area contributed by atoms with Crippen LogP contribution in [-0.4, -0.2) is 12.5 Å². The second-order valence-electron chi connectivity index (χ2n) is 5.90. The molecule has 3 nitrogen and oxygen atoms in total. The summed E-state index contributed by atoms with van der Waals surface area (Å²) >= 11 is 1.03. The number of allylic oxidation sites excluding steroid dienone is 5.